The van der Waals surface area contributed by atoms with E-state index >= 15 is 0 Å². The number of pyridine rings is 1. The van der Waals surface area contributed by atoms with E-state index in [4.69, 9.17) is 0 Å². The zero-order valence-electron chi connectivity index (χ0n) is 20.5. The highest BCUT2D eigenvalue weighted by Gasteiger charge is 2.55. The topological polar surface area (TPSA) is 74.6 Å². The van der Waals surface area contributed by atoms with Gasteiger partial charge in [0.2, 0.25) is 5.91 Å². The Balaban J connectivity index is 1.33. The first kappa shape index (κ1) is 22.7. The van der Waals surface area contributed by atoms with Crippen LogP contribution in [0, 0.1) is 11.8 Å². The van der Waals surface area contributed by atoms with Crippen LogP contribution in [0.15, 0.2) is 47.3 Å². The quantitative estimate of drug-likeness (QED) is 0.700. The van der Waals surface area contributed by atoms with E-state index in [2.05, 4.69) is 53.5 Å². The molecule has 1 aromatic heterocycles. The van der Waals surface area contributed by atoms with Gasteiger partial charge in [0, 0.05) is 42.4 Å². The maximum Gasteiger partial charge on any atom is 0.258 e. The maximum absolute atomic E-state index is 13.8. The number of likely N-dealkylation sites (N-methyl/N-ethyl adjacent to an activating group) is 1. The third kappa shape index (κ3) is 3.69. The van der Waals surface area contributed by atoms with Crippen molar-refractivity contribution in [1.29, 1.82) is 0 Å². The summed E-state index contributed by atoms with van der Waals surface area (Å²) in [4.78, 5) is 29.8. The Morgan fingerprint density at radius 1 is 1.11 bits per heavy atom. The lowest BCUT2D eigenvalue weighted by Gasteiger charge is -2.37. The van der Waals surface area contributed by atoms with Crippen LogP contribution in [0.4, 0.5) is 0 Å². The molecule has 4 atom stereocenters. The van der Waals surface area contributed by atoms with Gasteiger partial charge in [-0.05, 0) is 73.9 Å². The van der Waals surface area contributed by atoms with Crippen molar-refractivity contribution in [2.45, 2.75) is 70.1 Å². The molecule has 0 spiro atoms. The van der Waals surface area contributed by atoms with Crippen LogP contribution in [-0.2, 0) is 24.2 Å². The molecule has 184 valence electrons. The zero-order chi connectivity index (χ0) is 24.1. The smallest absolute Gasteiger partial charge is 0.258 e. The summed E-state index contributed by atoms with van der Waals surface area (Å²) in [6.07, 6.45) is 8.21. The van der Waals surface area contributed by atoms with E-state index in [1.54, 1.807) is 0 Å². The fourth-order valence-electron chi connectivity index (χ4n) is 7.24. The number of nitrogens with one attached hydrogen (secondary N) is 1. The summed E-state index contributed by atoms with van der Waals surface area (Å²) in [5.74, 6) is -0.560. The second-order valence-corrected chi connectivity index (χ2v) is 10.7. The first-order chi connectivity index (χ1) is 17.1. The average molecular weight is 474 g/mol. The van der Waals surface area contributed by atoms with Crippen LogP contribution in [0.3, 0.4) is 0 Å². The van der Waals surface area contributed by atoms with Crippen LogP contribution in [0.5, 0.6) is 0 Å². The predicted molar refractivity (Wildman–Crippen MR) is 136 cm³/mol. The maximum atomic E-state index is 13.8. The lowest BCUT2D eigenvalue weighted by molar-refractivity contribution is -0.128. The standard InChI is InChI=1S/C29H35N3O3/c1-2-31-25-16-32-24(13-12-22(29(32)35)18-8-4-3-5-9-18)27(31)26(23(25)17-33)28(34)30-21-14-19-10-6-7-11-20(19)15-21/h6-8,10-13,21,23,25-27,33H,2-5,9,14-17H2,1H3,(H,30,34)/t23-,25-,26+,27+/m1/s1. The molecule has 2 aliphatic heterocycles. The summed E-state index contributed by atoms with van der Waals surface area (Å²) in [5, 5.41) is 13.8. The number of fused-ring (bicyclic) bond motifs is 5. The van der Waals surface area contributed by atoms with Gasteiger partial charge >= 0.3 is 0 Å². The molecule has 1 saturated heterocycles. The van der Waals surface area contributed by atoms with Crippen LogP contribution in [-0.4, -0.2) is 45.7 Å². The number of carbonyl (C=O) groups excluding carboxylic acids is 1. The summed E-state index contributed by atoms with van der Waals surface area (Å²) < 4.78 is 1.91. The van der Waals surface area contributed by atoms with Gasteiger partial charge in [0.05, 0.1) is 12.0 Å². The first-order valence-corrected chi connectivity index (χ1v) is 13.3. The number of carbonyl (C=O) groups is 1. The van der Waals surface area contributed by atoms with E-state index in [1.807, 2.05) is 10.6 Å². The fourth-order valence-corrected chi connectivity index (χ4v) is 7.24. The largest absolute Gasteiger partial charge is 0.396 e. The summed E-state index contributed by atoms with van der Waals surface area (Å²) in [5.41, 5.74) is 5.56. The van der Waals surface area contributed by atoms with Gasteiger partial charge < -0.3 is 15.0 Å². The first-order valence-electron chi connectivity index (χ1n) is 13.3. The number of benzene rings is 1. The molecule has 1 fully saturated rings. The van der Waals surface area contributed by atoms with Gasteiger partial charge in [0.25, 0.3) is 5.56 Å². The summed E-state index contributed by atoms with van der Waals surface area (Å²) in [6, 6.07) is 12.3. The minimum atomic E-state index is -0.374. The van der Waals surface area contributed by atoms with E-state index in [9.17, 15) is 14.7 Å². The lowest BCUT2D eigenvalue weighted by atomic mass is 9.86. The third-order valence-corrected chi connectivity index (χ3v) is 8.87. The monoisotopic (exact) mass is 473 g/mol. The van der Waals surface area contributed by atoms with Gasteiger partial charge in [-0.15, -0.1) is 0 Å². The van der Waals surface area contributed by atoms with Crippen molar-refractivity contribution < 1.29 is 9.90 Å². The van der Waals surface area contributed by atoms with Crippen molar-refractivity contribution in [1.82, 2.24) is 14.8 Å². The second kappa shape index (κ2) is 9.07. The highest BCUT2D eigenvalue weighted by atomic mass is 16.3. The summed E-state index contributed by atoms with van der Waals surface area (Å²) in [7, 11) is 0. The van der Waals surface area contributed by atoms with E-state index in [-0.39, 0.29) is 48.0 Å². The van der Waals surface area contributed by atoms with Gasteiger partial charge in [-0.3, -0.25) is 14.5 Å². The molecule has 6 nitrogen and oxygen atoms in total. The molecule has 1 amide bonds. The van der Waals surface area contributed by atoms with E-state index < -0.39 is 0 Å². The van der Waals surface area contributed by atoms with Crippen molar-refractivity contribution in [2.24, 2.45) is 11.8 Å². The fraction of sp³-hybridized carbons (Fsp3) is 0.517. The summed E-state index contributed by atoms with van der Waals surface area (Å²) >= 11 is 0. The Hall–Kier alpha value is -2.70. The predicted octanol–water partition coefficient (Wildman–Crippen LogP) is 3.07. The lowest BCUT2D eigenvalue weighted by Crippen LogP contribution is -2.47. The third-order valence-electron chi connectivity index (χ3n) is 8.87. The Morgan fingerprint density at radius 3 is 2.54 bits per heavy atom. The molecule has 4 aliphatic rings. The number of aliphatic hydroxyl groups is 1. The highest BCUT2D eigenvalue weighted by molar-refractivity contribution is 5.81. The molecular weight excluding hydrogens is 438 g/mol. The Labute approximate surface area is 206 Å². The molecule has 3 heterocycles. The van der Waals surface area contributed by atoms with Crippen molar-refractivity contribution in [3.63, 3.8) is 0 Å². The molecule has 2 N–H and O–H groups in total. The van der Waals surface area contributed by atoms with Crippen LogP contribution < -0.4 is 10.9 Å². The zero-order valence-corrected chi connectivity index (χ0v) is 20.5. The number of aromatic nitrogens is 1. The van der Waals surface area contributed by atoms with E-state index in [0.717, 1.165) is 55.5 Å². The Morgan fingerprint density at radius 2 is 1.89 bits per heavy atom. The number of rotatable bonds is 5. The van der Waals surface area contributed by atoms with Crippen LogP contribution in [0.2, 0.25) is 0 Å². The number of hydrogen-bond donors (Lipinski definition) is 2. The van der Waals surface area contributed by atoms with Crippen LogP contribution >= 0.6 is 0 Å². The van der Waals surface area contributed by atoms with Gasteiger partial charge in [-0.25, -0.2) is 0 Å². The van der Waals surface area contributed by atoms with Crippen LogP contribution in [0.25, 0.3) is 5.57 Å². The molecule has 2 bridgehead atoms. The highest BCUT2D eigenvalue weighted by Crippen LogP contribution is 2.48. The molecule has 6 rings (SSSR count). The molecule has 2 aromatic rings. The van der Waals surface area contributed by atoms with Crippen molar-refractivity contribution in [3.8, 4) is 0 Å². The molecule has 1 aromatic carbocycles. The number of amides is 1. The minimum Gasteiger partial charge on any atom is -0.396 e. The van der Waals surface area contributed by atoms with E-state index in [0.29, 0.717) is 6.54 Å². The summed E-state index contributed by atoms with van der Waals surface area (Å²) in [6.45, 7) is 3.37. The Bertz CT molecular complexity index is 1210. The van der Waals surface area contributed by atoms with E-state index in [1.165, 1.54) is 17.5 Å². The number of allylic oxidation sites excluding steroid dienone is 2. The number of nitrogens with zero attached hydrogens (tertiary/aromatic N) is 2. The molecule has 0 radical (unpaired) electrons. The van der Waals surface area contributed by atoms with Crippen molar-refractivity contribution >= 4 is 11.5 Å². The van der Waals surface area contributed by atoms with Gasteiger partial charge in [0.1, 0.15) is 0 Å². The second-order valence-electron chi connectivity index (χ2n) is 10.7. The van der Waals surface area contributed by atoms with Crippen molar-refractivity contribution in [3.05, 3.63) is 75.2 Å². The normalized spacial score (nSPS) is 27.9. The Kier molecular flexibility index (Phi) is 5.89. The van der Waals surface area contributed by atoms with Crippen molar-refractivity contribution in [2.75, 3.05) is 13.2 Å². The molecule has 6 heteroatoms. The molecule has 35 heavy (non-hydrogen) atoms. The molecular formula is C29H35N3O3. The minimum absolute atomic E-state index is 0.00719. The molecule has 2 aliphatic carbocycles. The molecule has 0 unspecified atom stereocenters. The SMILES string of the molecule is CCN1[C@@H]2Cn3c(ccc(C4=CCCCC4)c3=O)[C@H]1[C@@H](C(=O)NC1Cc3ccccc3C1)[C@@H]2CO. The number of aliphatic hydroxyl groups excluding tert-OH is 1. The number of hydrogen-bond acceptors (Lipinski definition) is 4. The van der Waals surface area contributed by atoms with Gasteiger partial charge in [0.15, 0.2) is 0 Å². The molecule has 0 saturated carbocycles. The van der Waals surface area contributed by atoms with Gasteiger partial charge in [-0.2, -0.15) is 0 Å². The van der Waals surface area contributed by atoms with Gasteiger partial charge in [-0.1, -0.05) is 37.3 Å². The average Bonchev–Trinajstić information content (AvgIpc) is 3.39. The van der Waals surface area contributed by atoms with Crippen LogP contribution in [0.1, 0.15) is 61.0 Å².